The summed E-state index contributed by atoms with van der Waals surface area (Å²) >= 11 is 0. The van der Waals surface area contributed by atoms with Crippen LogP contribution in [0.4, 0.5) is 0 Å². The van der Waals surface area contributed by atoms with Crippen molar-refractivity contribution in [2.24, 2.45) is 5.92 Å². The third-order valence-corrected chi connectivity index (χ3v) is 4.93. The maximum absolute atomic E-state index is 12.2. The van der Waals surface area contributed by atoms with Gasteiger partial charge in [0.1, 0.15) is 6.10 Å². The van der Waals surface area contributed by atoms with Gasteiger partial charge in [-0.05, 0) is 50.3 Å². The molecule has 0 spiro atoms. The van der Waals surface area contributed by atoms with Crippen LogP contribution in [0.5, 0.6) is 0 Å². The molecule has 1 aliphatic rings. The molecular formula is C21H34N2O2. The van der Waals surface area contributed by atoms with Crippen LogP contribution in [0.1, 0.15) is 58.1 Å². The monoisotopic (exact) mass is 346 g/mol. The Kier molecular flexibility index (Phi) is 7.91. The quantitative estimate of drug-likeness (QED) is 0.780. The number of carbonyl (C=O) groups excluding carboxylic acids is 1. The number of rotatable bonds is 8. The Balaban J connectivity index is 1.90. The fraction of sp³-hybridized carbons (Fsp3) is 0.667. The molecule has 0 aromatic heterocycles. The predicted molar refractivity (Wildman–Crippen MR) is 102 cm³/mol. The molecule has 1 aromatic rings. The molecule has 2 rings (SSSR count). The van der Waals surface area contributed by atoms with Crippen molar-refractivity contribution in [3.63, 3.8) is 0 Å². The van der Waals surface area contributed by atoms with E-state index >= 15 is 0 Å². The zero-order valence-electron chi connectivity index (χ0n) is 16.3. The lowest BCUT2D eigenvalue weighted by Gasteiger charge is -2.33. The molecule has 0 radical (unpaired) electrons. The normalized spacial score (nSPS) is 19.8. The van der Waals surface area contributed by atoms with Crippen LogP contribution in [-0.2, 0) is 22.6 Å². The van der Waals surface area contributed by atoms with E-state index in [1.165, 1.54) is 36.9 Å². The number of hydrogen-bond donors (Lipinski definition) is 1. The average molecular weight is 347 g/mol. The molecule has 1 saturated heterocycles. The van der Waals surface area contributed by atoms with Gasteiger partial charge in [-0.25, -0.2) is 0 Å². The summed E-state index contributed by atoms with van der Waals surface area (Å²) in [6.45, 7) is 11.6. The highest BCUT2D eigenvalue weighted by molar-refractivity contribution is 5.80. The number of carbonyl (C=O) groups is 1. The number of hydrogen-bond acceptors (Lipinski definition) is 3. The SMILES string of the molecule is CC(C)CO[C@@H](C)C(=O)NCc1ccccc1CN1CCCC[C@@H]1C. The second-order valence-corrected chi connectivity index (χ2v) is 7.67. The van der Waals surface area contributed by atoms with Crippen LogP contribution in [0, 0.1) is 5.92 Å². The van der Waals surface area contributed by atoms with E-state index in [0.717, 1.165) is 6.54 Å². The Morgan fingerprint density at radius 1 is 1.24 bits per heavy atom. The number of nitrogens with one attached hydrogen (secondary N) is 1. The van der Waals surface area contributed by atoms with Crippen molar-refractivity contribution in [3.8, 4) is 0 Å². The number of ether oxygens (including phenoxy) is 1. The molecule has 25 heavy (non-hydrogen) atoms. The predicted octanol–water partition coefficient (Wildman–Crippen LogP) is 3.74. The summed E-state index contributed by atoms with van der Waals surface area (Å²) in [5, 5.41) is 3.03. The minimum Gasteiger partial charge on any atom is -0.368 e. The van der Waals surface area contributed by atoms with Gasteiger partial charge in [0.2, 0.25) is 5.91 Å². The molecule has 0 bridgehead atoms. The summed E-state index contributed by atoms with van der Waals surface area (Å²) in [7, 11) is 0. The number of amides is 1. The van der Waals surface area contributed by atoms with Crippen LogP contribution in [0.25, 0.3) is 0 Å². The second kappa shape index (κ2) is 9.93. The van der Waals surface area contributed by atoms with Gasteiger partial charge >= 0.3 is 0 Å². The average Bonchev–Trinajstić information content (AvgIpc) is 2.60. The summed E-state index contributed by atoms with van der Waals surface area (Å²) in [6, 6.07) is 9.07. The summed E-state index contributed by atoms with van der Waals surface area (Å²) in [5.74, 6) is 0.393. The highest BCUT2D eigenvalue weighted by Gasteiger charge is 2.19. The highest BCUT2D eigenvalue weighted by Crippen LogP contribution is 2.20. The van der Waals surface area contributed by atoms with Crippen molar-refractivity contribution >= 4 is 5.91 Å². The van der Waals surface area contributed by atoms with Gasteiger partial charge in [-0.3, -0.25) is 9.69 Å². The highest BCUT2D eigenvalue weighted by atomic mass is 16.5. The van der Waals surface area contributed by atoms with Crippen molar-refractivity contribution < 1.29 is 9.53 Å². The molecule has 4 nitrogen and oxygen atoms in total. The maximum Gasteiger partial charge on any atom is 0.249 e. The molecule has 2 atom stereocenters. The fourth-order valence-corrected chi connectivity index (χ4v) is 3.23. The number of likely N-dealkylation sites (tertiary alicyclic amines) is 1. The van der Waals surface area contributed by atoms with E-state index in [1.807, 2.05) is 13.0 Å². The van der Waals surface area contributed by atoms with Gasteiger partial charge in [-0.1, -0.05) is 44.5 Å². The first-order chi connectivity index (χ1) is 12.0. The summed E-state index contributed by atoms with van der Waals surface area (Å²) in [4.78, 5) is 14.8. The lowest BCUT2D eigenvalue weighted by atomic mass is 10.0. The van der Waals surface area contributed by atoms with Crippen molar-refractivity contribution in [3.05, 3.63) is 35.4 Å². The first-order valence-electron chi connectivity index (χ1n) is 9.67. The van der Waals surface area contributed by atoms with Crippen molar-refractivity contribution in [1.82, 2.24) is 10.2 Å². The van der Waals surface area contributed by atoms with Crippen LogP contribution in [0.2, 0.25) is 0 Å². The smallest absolute Gasteiger partial charge is 0.249 e. The Labute approximate surface area is 152 Å². The van der Waals surface area contributed by atoms with E-state index < -0.39 is 6.10 Å². The van der Waals surface area contributed by atoms with Crippen molar-refractivity contribution in [2.75, 3.05) is 13.2 Å². The molecule has 0 saturated carbocycles. The Hall–Kier alpha value is -1.39. The second-order valence-electron chi connectivity index (χ2n) is 7.67. The van der Waals surface area contributed by atoms with Gasteiger partial charge in [-0.15, -0.1) is 0 Å². The molecule has 1 heterocycles. The Morgan fingerprint density at radius 2 is 1.96 bits per heavy atom. The molecule has 1 aromatic carbocycles. The summed E-state index contributed by atoms with van der Waals surface area (Å²) < 4.78 is 5.60. The first kappa shape index (κ1) is 19.9. The Morgan fingerprint density at radius 3 is 2.64 bits per heavy atom. The lowest BCUT2D eigenvalue weighted by Crippen LogP contribution is -2.37. The minimum atomic E-state index is -0.406. The van der Waals surface area contributed by atoms with Gasteiger partial charge in [0.15, 0.2) is 0 Å². The van der Waals surface area contributed by atoms with Crippen LogP contribution in [-0.4, -0.2) is 36.1 Å². The van der Waals surface area contributed by atoms with Crippen LogP contribution in [0.15, 0.2) is 24.3 Å². The molecule has 0 unspecified atom stereocenters. The van der Waals surface area contributed by atoms with E-state index in [9.17, 15) is 4.79 Å². The molecule has 1 N–H and O–H groups in total. The summed E-state index contributed by atoms with van der Waals surface area (Å²) in [6.07, 6.45) is 3.50. The van der Waals surface area contributed by atoms with Crippen molar-refractivity contribution in [1.29, 1.82) is 0 Å². The van der Waals surface area contributed by atoms with Gasteiger partial charge in [0.05, 0.1) is 0 Å². The molecule has 0 aliphatic carbocycles. The van der Waals surface area contributed by atoms with Gasteiger partial charge in [0.25, 0.3) is 0 Å². The van der Waals surface area contributed by atoms with Gasteiger partial charge < -0.3 is 10.1 Å². The molecule has 140 valence electrons. The third-order valence-electron chi connectivity index (χ3n) is 4.93. The molecule has 1 amide bonds. The van der Waals surface area contributed by atoms with Crippen LogP contribution < -0.4 is 5.32 Å². The maximum atomic E-state index is 12.2. The molecule has 4 heteroatoms. The standard InChI is InChI=1S/C21H34N2O2/c1-16(2)15-25-18(4)21(24)22-13-19-10-5-6-11-20(19)14-23-12-8-7-9-17(23)3/h5-6,10-11,16-18H,7-9,12-15H2,1-4H3,(H,22,24)/t17-,18-/m0/s1. The van der Waals surface area contributed by atoms with Gasteiger partial charge in [0, 0.05) is 25.7 Å². The number of piperidine rings is 1. The van der Waals surface area contributed by atoms with E-state index in [1.54, 1.807) is 0 Å². The van der Waals surface area contributed by atoms with E-state index in [0.29, 0.717) is 25.1 Å². The lowest BCUT2D eigenvalue weighted by molar-refractivity contribution is -0.132. The zero-order valence-corrected chi connectivity index (χ0v) is 16.3. The number of benzene rings is 1. The molecule has 1 fully saturated rings. The van der Waals surface area contributed by atoms with Crippen molar-refractivity contribution in [2.45, 2.75) is 72.2 Å². The minimum absolute atomic E-state index is 0.0400. The van der Waals surface area contributed by atoms with Gasteiger partial charge in [-0.2, -0.15) is 0 Å². The molecule has 1 aliphatic heterocycles. The largest absolute Gasteiger partial charge is 0.368 e. The Bertz CT molecular complexity index is 544. The van der Waals surface area contributed by atoms with Crippen LogP contribution in [0.3, 0.4) is 0 Å². The fourth-order valence-electron chi connectivity index (χ4n) is 3.23. The van der Waals surface area contributed by atoms with E-state index in [-0.39, 0.29) is 5.91 Å². The topological polar surface area (TPSA) is 41.6 Å². The van der Waals surface area contributed by atoms with E-state index in [2.05, 4.69) is 49.2 Å². The zero-order chi connectivity index (χ0) is 18.2. The summed E-state index contributed by atoms with van der Waals surface area (Å²) in [5.41, 5.74) is 2.51. The first-order valence-corrected chi connectivity index (χ1v) is 9.67. The molecular weight excluding hydrogens is 312 g/mol. The third kappa shape index (κ3) is 6.44. The van der Waals surface area contributed by atoms with E-state index in [4.69, 9.17) is 4.74 Å². The number of nitrogens with zero attached hydrogens (tertiary/aromatic N) is 1. The van der Waals surface area contributed by atoms with Crippen LogP contribution >= 0.6 is 0 Å².